The van der Waals surface area contributed by atoms with E-state index in [1.807, 2.05) is 24.3 Å². The van der Waals surface area contributed by atoms with E-state index in [-0.39, 0.29) is 55.1 Å². The Morgan fingerprint density at radius 1 is 0.565 bits per heavy atom. The van der Waals surface area contributed by atoms with Gasteiger partial charge in [0.1, 0.15) is 0 Å². The fraction of sp³-hybridized carbons (Fsp3) is 0.722. The molecule has 8 saturated carbocycles. The molecule has 0 bridgehead atoms. The molecule has 0 aromatic heterocycles. The van der Waals surface area contributed by atoms with Crippen molar-refractivity contribution in [2.24, 2.45) is 108 Å². The van der Waals surface area contributed by atoms with Crippen molar-refractivity contribution in [2.45, 2.75) is 235 Å². The van der Waals surface area contributed by atoms with Gasteiger partial charge in [-0.05, 0) is 278 Å². The number of halogens is 7. The molecule has 0 saturated heterocycles. The van der Waals surface area contributed by atoms with E-state index in [4.69, 9.17) is 10.5 Å². The third-order valence-corrected chi connectivity index (χ3v) is 30.2. The smallest absolute Gasteiger partial charge is 0.390 e. The van der Waals surface area contributed by atoms with Crippen LogP contribution in [-0.4, -0.2) is 58.6 Å². The fourth-order valence-electron chi connectivity index (χ4n) is 25.1. The molecular weight excluding hydrogens is 1280 g/mol. The Hall–Kier alpha value is -3.43. The maximum atomic E-state index is 13.2. The summed E-state index contributed by atoms with van der Waals surface area (Å²) < 4.78 is 77.9. The molecule has 6 nitrogen and oxygen atoms in total. The number of methoxy groups -OCH3 is 1. The molecule has 8 fully saturated rings. The van der Waals surface area contributed by atoms with Gasteiger partial charge < -0.3 is 20.9 Å². The summed E-state index contributed by atoms with van der Waals surface area (Å²) in [7, 11) is 1.45. The summed E-state index contributed by atoms with van der Waals surface area (Å²) in [6, 6.07) is 15.5. The Bertz CT molecular complexity index is 3190. The van der Waals surface area contributed by atoms with Crippen molar-refractivity contribution in [1.82, 2.24) is 5.32 Å². The van der Waals surface area contributed by atoms with Gasteiger partial charge in [-0.15, -0.1) is 0 Å². The number of alkyl halides is 7. The first-order valence-electron chi connectivity index (χ1n) is 35.2. The van der Waals surface area contributed by atoms with Gasteiger partial charge in [0.05, 0.1) is 31.1 Å². The van der Waals surface area contributed by atoms with Crippen molar-refractivity contribution in [3.05, 3.63) is 107 Å². The van der Waals surface area contributed by atoms with Gasteiger partial charge >= 0.3 is 24.3 Å². The number of nitrogens with one attached hydrogen (secondary N) is 1. The van der Waals surface area contributed by atoms with E-state index >= 15 is 0 Å². The lowest BCUT2D eigenvalue weighted by molar-refractivity contribution is -0.219. The molecule has 18 atom stereocenters. The zero-order valence-electron chi connectivity index (χ0n) is 57.9. The minimum Gasteiger partial charge on any atom is -0.478 e. The number of nitrogens with two attached hydrogens (primary N) is 1. The number of hydrogen-bond donors (Lipinski definition) is 3. The summed E-state index contributed by atoms with van der Waals surface area (Å²) in [5, 5.41) is 13.0. The molecule has 12 rings (SSSR count). The molecule has 0 heterocycles. The van der Waals surface area contributed by atoms with Gasteiger partial charge in [-0.2, -0.15) is 26.3 Å². The van der Waals surface area contributed by atoms with Crippen LogP contribution in [0.2, 0.25) is 0 Å². The number of carbonyl (C=O) groups is 2. The van der Waals surface area contributed by atoms with E-state index in [2.05, 4.69) is 126 Å². The van der Waals surface area contributed by atoms with E-state index in [9.17, 15) is 41.0 Å². The highest BCUT2D eigenvalue weighted by atomic mass is 127. The van der Waals surface area contributed by atoms with Crippen molar-refractivity contribution >= 4 is 45.7 Å². The Morgan fingerprint density at radius 3 is 1.42 bits per heavy atom. The zero-order valence-corrected chi connectivity index (χ0v) is 60.1. The van der Waals surface area contributed by atoms with Crippen LogP contribution in [0.5, 0.6) is 0 Å². The molecule has 2 aromatic carbocycles. The van der Waals surface area contributed by atoms with Crippen LogP contribution in [0.25, 0.3) is 11.1 Å². The summed E-state index contributed by atoms with van der Waals surface area (Å²) in [4.78, 5) is 23.5. The number of fused-ring (bicyclic) bond motifs is 14. The third-order valence-electron chi connectivity index (χ3n) is 29.7. The predicted molar refractivity (Wildman–Crippen MR) is 369 cm³/mol. The van der Waals surface area contributed by atoms with Crippen LogP contribution in [0.3, 0.4) is 0 Å². The van der Waals surface area contributed by atoms with Crippen LogP contribution in [0.1, 0.15) is 243 Å². The monoisotopic (exact) mass is 1390 g/mol. The molecule has 4 N–H and O–H groups in total. The fourth-order valence-corrected chi connectivity index (χ4v) is 25.7. The molecule has 10 aliphatic carbocycles. The molecule has 13 heteroatoms. The van der Waals surface area contributed by atoms with E-state index in [1.165, 1.54) is 99.2 Å². The number of rotatable bonds is 10. The molecule has 0 unspecified atom stereocenters. The summed E-state index contributed by atoms with van der Waals surface area (Å²) in [5.74, 6) is 4.41. The number of allylic oxidation sites excluding steroid dienone is 6. The minimum absolute atomic E-state index is 0.00870. The number of benzene rings is 2. The second kappa shape index (κ2) is 24.8. The van der Waals surface area contributed by atoms with Crippen LogP contribution >= 0.6 is 22.6 Å². The maximum Gasteiger partial charge on any atom is 0.390 e. The molecule has 10 aliphatic rings. The van der Waals surface area contributed by atoms with Crippen molar-refractivity contribution in [1.29, 1.82) is 0 Å². The summed E-state index contributed by atoms with van der Waals surface area (Å²) >= 11 is 1.69. The highest BCUT2D eigenvalue weighted by Gasteiger charge is 2.72. The van der Waals surface area contributed by atoms with Gasteiger partial charge in [0.25, 0.3) is 0 Å². The van der Waals surface area contributed by atoms with Crippen LogP contribution in [0, 0.1) is 102 Å². The second-order valence-electron chi connectivity index (χ2n) is 34.1. The highest BCUT2D eigenvalue weighted by molar-refractivity contribution is 14.1. The number of carboxylic acid groups (broad SMARTS) is 1. The SMILES string of the molecule is C=C(C)[C@@H]1CC[C@]2(N)CC[C@]3(C)[C@H](CC[C@@H]4[C@@]5(C)CC=C(c6ccc(C(=O)OC)cc6)C(C)(C)[C@@H]5CC[C@]43C)[C@@H]12.C=C(C)[C@@H]1CC[C@]2(NCCC(F)(F)F)CC[C@]3(C)[C@H](CC[C@@H]4[C@@]5(C)CC=C(c6ccc(C(=O)O)cc6)C(C)(C)[C@@H]5CC[C@]43C)[C@@H]12.FC(F)(F)CCI. The number of esters is 1. The van der Waals surface area contributed by atoms with E-state index in [0.717, 1.165) is 62.8 Å². The van der Waals surface area contributed by atoms with Crippen molar-refractivity contribution in [2.75, 3.05) is 18.1 Å². The summed E-state index contributed by atoms with van der Waals surface area (Å²) in [6.07, 6.45) is 16.5. The lowest BCUT2D eigenvalue weighted by atomic mass is 9.33. The van der Waals surface area contributed by atoms with Crippen LogP contribution in [0.15, 0.2) is 85.0 Å². The maximum absolute atomic E-state index is 13.2. The number of carboxylic acids is 1. The summed E-state index contributed by atoms with van der Waals surface area (Å²) in [6.45, 7) is 38.9. The second-order valence-corrected chi connectivity index (χ2v) is 35.2. The molecular formula is C79H111F6IN2O4. The van der Waals surface area contributed by atoms with Crippen LogP contribution < -0.4 is 11.1 Å². The molecule has 0 spiro atoms. The Kier molecular flexibility index (Phi) is 19.3. The first kappa shape index (κ1) is 71.3. The van der Waals surface area contributed by atoms with E-state index in [0.29, 0.717) is 80.6 Å². The minimum atomic E-state index is -4.14. The third kappa shape index (κ3) is 11.7. The number of hydrogen-bond acceptors (Lipinski definition) is 5. The van der Waals surface area contributed by atoms with Gasteiger partial charge in [0.2, 0.25) is 0 Å². The quantitative estimate of drug-likeness (QED) is 0.0720. The van der Waals surface area contributed by atoms with E-state index < -0.39 is 31.2 Å². The molecule has 92 heavy (non-hydrogen) atoms. The van der Waals surface area contributed by atoms with Gasteiger partial charge in [0, 0.05) is 22.1 Å². The lowest BCUT2D eigenvalue weighted by Crippen LogP contribution is -2.68. The molecule has 0 amide bonds. The Labute approximate surface area is 562 Å². The van der Waals surface area contributed by atoms with Gasteiger partial charge in [-0.1, -0.05) is 153 Å². The van der Waals surface area contributed by atoms with Crippen molar-refractivity contribution in [3.8, 4) is 0 Å². The van der Waals surface area contributed by atoms with Gasteiger partial charge in [-0.25, -0.2) is 9.59 Å². The number of ether oxygens (including phenoxy) is 1. The Balaban J connectivity index is 0.000000184. The molecule has 510 valence electrons. The number of carbonyl (C=O) groups excluding carboxylic acids is 1. The van der Waals surface area contributed by atoms with Crippen molar-refractivity contribution < 1.29 is 45.8 Å². The molecule has 2 aromatic rings. The zero-order chi connectivity index (χ0) is 67.6. The Morgan fingerprint density at radius 2 is 1.00 bits per heavy atom. The first-order chi connectivity index (χ1) is 42.7. The molecule has 0 aliphatic heterocycles. The van der Waals surface area contributed by atoms with Crippen LogP contribution in [-0.2, 0) is 4.74 Å². The predicted octanol–water partition coefficient (Wildman–Crippen LogP) is 21.5. The van der Waals surface area contributed by atoms with Crippen LogP contribution in [0.4, 0.5) is 26.3 Å². The van der Waals surface area contributed by atoms with Gasteiger partial charge in [0.15, 0.2) is 0 Å². The summed E-state index contributed by atoms with van der Waals surface area (Å²) in [5.41, 5.74) is 17.2. The van der Waals surface area contributed by atoms with E-state index in [1.54, 1.807) is 34.7 Å². The largest absolute Gasteiger partial charge is 0.478 e. The highest BCUT2D eigenvalue weighted by Crippen LogP contribution is 2.79. The van der Waals surface area contributed by atoms with Crippen molar-refractivity contribution in [3.63, 3.8) is 0 Å². The van der Waals surface area contributed by atoms with Gasteiger partial charge in [-0.3, -0.25) is 0 Å². The average molecular weight is 1390 g/mol. The standard InChI is InChI=1S/C39H54F3NO2.C37H53NO2.C3H4F3I/c1-24(2)27-14-19-38(43-23-22-39(40,41)42)21-20-36(6)29(32(27)38)12-13-31-35(5)17-15-28(25-8-10-26(11-9-25)33(44)45)34(3,4)30(35)16-18-37(31,36)7;1-23(2)26-15-20-37(38)22-21-35(6)28(31(26)37)13-14-30-34(5)18-16-27(24-9-11-25(12-10-24)32(39)40-8)33(3,4)29(34)17-19-36(30,35)7;4-3(5,6)1-2-7/h8-11,15,27,29-32,43H,1,12-14,16-23H2,2-7H3,(H,44,45);9-12,16,26,28-31H,1,13-15,17-22,38H2,2-8H3;1-2H2/t27-,29+,30-,31+,32+,35-,36+,37+,38-;26-,28+,29-,30+,31+,34-,35+,36+,37-;/m00./s1. The first-order valence-corrected chi connectivity index (χ1v) is 36.7. The normalized spacial score (nSPS) is 41.2. The molecule has 0 radical (unpaired) electrons. The number of aromatic carboxylic acids is 1. The topological polar surface area (TPSA) is 102 Å². The lowest BCUT2D eigenvalue weighted by Gasteiger charge is -2.72. The average Bonchev–Trinajstić information content (AvgIpc) is 0.918.